The van der Waals surface area contributed by atoms with Crippen LogP contribution in [0.1, 0.15) is 21.6 Å². The molecule has 0 spiro atoms. The summed E-state index contributed by atoms with van der Waals surface area (Å²) in [5, 5.41) is 9.74. The first-order chi connectivity index (χ1) is 19.5. The monoisotopic (exact) mass is 534 g/mol. The predicted octanol–water partition coefficient (Wildman–Crippen LogP) is 6.00. The lowest BCUT2D eigenvalue weighted by Crippen LogP contribution is -2.15. The first-order valence-corrected chi connectivity index (χ1v) is 12.8. The molecule has 2 heterocycles. The number of amides is 1. The number of ether oxygens (including phenoxy) is 2. The molecule has 0 aliphatic heterocycles. The minimum absolute atomic E-state index is 0.232. The van der Waals surface area contributed by atoms with E-state index in [1.165, 1.54) is 0 Å². The van der Waals surface area contributed by atoms with Gasteiger partial charge in [-0.15, -0.1) is 0 Å². The van der Waals surface area contributed by atoms with E-state index in [0.717, 1.165) is 27.8 Å². The lowest BCUT2D eigenvalue weighted by Gasteiger charge is -2.15. The Kier molecular flexibility index (Phi) is 8.01. The van der Waals surface area contributed by atoms with Gasteiger partial charge in [-0.25, -0.2) is 9.97 Å². The highest BCUT2D eigenvalue weighted by atomic mass is 16.5. The molecule has 0 atom stereocenters. The summed E-state index contributed by atoms with van der Waals surface area (Å²) in [5.41, 5.74) is 5.34. The zero-order valence-corrected chi connectivity index (χ0v) is 22.6. The molecule has 2 aromatic heterocycles. The molecule has 0 fully saturated rings. The number of carbonyl (C=O) groups excluding carboxylic acids is 1. The van der Waals surface area contributed by atoms with Crippen molar-refractivity contribution in [3.8, 4) is 11.5 Å². The van der Waals surface area contributed by atoms with E-state index in [1.807, 2.05) is 85.8 Å². The van der Waals surface area contributed by atoms with Crippen LogP contribution in [0.15, 0.2) is 85.1 Å². The molecule has 5 rings (SSSR count). The van der Waals surface area contributed by atoms with E-state index in [-0.39, 0.29) is 5.91 Å². The summed E-state index contributed by atoms with van der Waals surface area (Å²) in [4.78, 5) is 26.5. The van der Waals surface area contributed by atoms with Gasteiger partial charge in [-0.3, -0.25) is 9.78 Å². The van der Waals surface area contributed by atoms with Gasteiger partial charge in [0.2, 0.25) is 0 Å². The molecule has 0 saturated carbocycles. The van der Waals surface area contributed by atoms with Crippen LogP contribution in [0.2, 0.25) is 0 Å². The minimum Gasteiger partial charge on any atom is -0.497 e. The van der Waals surface area contributed by atoms with E-state index < -0.39 is 0 Å². The third-order valence-corrected chi connectivity index (χ3v) is 6.30. The number of rotatable bonds is 10. The number of pyridine rings is 1. The topological polar surface area (TPSA) is 110 Å². The number of aryl methyl sites for hydroxylation is 1. The van der Waals surface area contributed by atoms with Crippen molar-refractivity contribution < 1.29 is 14.3 Å². The largest absolute Gasteiger partial charge is 0.497 e. The Balaban J connectivity index is 1.32. The molecule has 202 valence electrons. The molecule has 0 radical (unpaired) electrons. The maximum absolute atomic E-state index is 12.7. The number of carbonyl (C=O) groups is 1. The van der Waals surface area contributed by atoms with Crippen molar-refractivity contribution in [2.75, 3.05) is 36.7 Å². The average molecular weight is 535 g/mol. The van der Waals surface area contributed by atoms with E-state index in [9.17, 15) is 4.79 Å². The molecular weight excluding hydrogens is 504 g/mol. The molecule has 0 saturated heterocycles. The van der Waals surface area contributed by atoms with Gasteiger partial charge in [0.15, 0.2) is 11.6 Å². The zero-order chi connectivity index (χ0) is 27.9. The normalized spacial score (nSPS) is 10.7. The highest BCUT2D eigenvalue weighted by Gasteiger charge is 2.13. The summed E-state index contributed by atoms with van der Waals surface area (Å²) in [6.07, 6.45) is 2.32. The van der Waals surface area contributed by atoms with Crippen LogP contribution in [0.25, 0.3) is 11.0 Å². The van der Waals surface area contributed by atoms with Crippen molar-refractivity contribution in [1.29, 1.82) is 0 Å². The first kappa shape index (κ1) is 26.4. The van der Waals surface area contributed by atoms with Crippen molar-refractivity contribution >= 4 is 40.0 Å². The molecule has 0 aliphatic carbocycles. The number of anilines is 4. The first-order valence-electron chi connectivity index (χ1n) is 12.8. The Bertz CT molecular complexity index is 1630. The molecule has 1 amide bonds. The Morgan fingerprint density at radius 3 is 2.23 bits per heavy atom. The fourth-order valence-electron chi connectivity index (χ4n) is 4.27. The Morgan fingerprint density at radius 1 is 0.800 bits per heavy atom. The molecule has 9 heteroatoms. The standard InChI is InChI=1S/C31H30N6O3/c1-20-8-7-14-32-28(20)31(38)35-22-10-6-9-21(16-22)13-15-33-29-30(37-27-12-5-4-11-26(27)36-29)34-23-17-24(39-2)19-25(18-23)40-3/h4-12,14,16-19H,13,15H2,1-3H3,(H,33,36)(H,34,37)(H,35,38). The van der Waals surface area contributed by atoms with Crippen LogP contribution < -0.4 is 25.4 Å². The number of methoxy groups -OCH3 is 2. The van der Waals surface area contributed by atoms with Crippen LogP contribution in [0.5, 0.6) is 11.5 Å². The second-order valence-electron chi connectivity index (χ2n) is 9.14. The number of nitrogens with one attached hydrogen (secondary N) is 3. The minimum atomic E-state index is -0.232. The summed E-state index contributed by atoms with van der Waals surface area (Å²) in [6.45, 7) is 2.47. The summed E-state index contributed by atoms with van der Waals surface area (Å²) >= 11 is 0. The van der Waals surface area contributed by atoms with Gasteiger partial charge in [-0.1, -0.05) is 30.3 Å². The van der Waals surface area contributed by atoms with Crippen LogP contribution in [-0.4, -0.2) is 41.6 Å². The van der Waals surface area contributed by atoms with Gasteiger partial charge < -0.3 is 25.4 Å². The summed E-state index contributed by atoms with van der Waals surface area (Å²) in [5.74, 6) is 2.30. The third-order valence-electron chi connectivity index (χ3n) is 6.30. The number of aromatic nitrogens is 3. The van der Waals surface area contributed by atoms with Crippen LogP contribution in [0, 0.1) is 6.92 Å². The van der Waals surface area contributed by atoms with Crippen molar-refractivity contribution in [3.63, 3.8) is 0 Å². The fraction of sp³-hybridized carbons (Fsp3) is 0.161. The van der Waals surface area contributed by atoms with E-state index >= 15 is 0 Å². The number of hydrogen-bond donors (Lipinski definition) is 3. The van der Waals surface area contributed by atoms with Gasteiger partial charge in [-0.05, 0) is 54.8 Å². The number of fused-ring (bicyclic) bond motifs is 1. The lowest BCUT2D eigenvalue weighted by atomic mass is 10.1. The average Bonchev–Trinajstić information content (AvgIpc) is 2.97. The van der Waals surface area contributed by atoms with Crippen LogP contribution in [0.4, 0.5) is 23.0 Å². The van der Waals surface area contributed by atoms with E-state index in [1.54, 1.807) is 20.4 Å². The summed E-state index contributed by atoms with van der Waals surface area (Å²) in [7, 11) is 3.22. The van der Waals surface area contributed by atoms with Gasteiger partial charge in [0.1, 0.15) is 17.2 Å². The Morgan fingerprint density at radius 2 is 1.52 bits per heavy atom. The van der Waals surface area contributed by atoms with E-state index in [0.29, 0.717) is 47.5 Å². The van der Waals surface area contributed by atoms with Crippen LogP contribution in [0.3, 0.4) is 0 Å². The van der Waals surface area contributed by atoms with E-state index in [2.05, 4.69) is 20.9 Å². The van der Waals surface area contributed by atoms with Gasteiger partial charge in [-0.2, -0.15) is 0 Å². The van der Waals surface area contributed by atoms with Gasteiger partial charge in [0.05, 0.1) is 25.3 Å². The van der Waals surface area contributed by atoms with Crippen molar-refractivity contribution in [1.82, 2.24) is 15.0 Å². The van der Waals surface area contributed by atoms with E-state index in [4.69, 9.17) is 19.4 Å². The molecular formula is C31H30N6O3. The SMILES string of the molecule is COc1cc(Nc2nc3ccccc3nc2NCCc2cccc(NC(=O)c3ncccc3C)c2)cc(OC)c1. The molecule has 3 N–H and O–H groups in total. The maximum atomic E-state index is 12.7. The van der Waals surface area contributed by atoms with Crippen LogP contribution in [-0.2, 0) is 6.42 Å². The quantitative estimate of drug-likeness (QED) is 0.200. The highest BCUT2D eigenvalue weighted by Crippen LogP contribution is 2.30. The molecule has 0 aliphatic rings. The molecule has 0 bridgehead atoms. The number of benzene rings is 3. The number of para-hydroxylation sites is 2. The maximum Gasteiger partial charge on any atom is 0.274 e. The molecule has 9 nitrogen and oxygen atoms in total. The highest BCUT2D eigenvalue weighted by molar-refractivity contribution is 6.03. The smallest absolute Gasteiger partial charge is 0.274 e. The zero-order valence-electron chi connectivity index (χ0n) is 22.6. The van der Waals surface area contributed by atoms with Gasteiger partial charge >= 0.3 is 0 Å². The van der Waals surface area contributed by atoms with Crippen molar-refractivity contribution in [3.05, 3.63) is 102 Å². The Hall–Kier alpha value is -5.18. The van der Waals surface area contributed by atoms with Gasteiger partial charge in [0, 0.05) is 42.3 Å². The number of hydrogen-bond acceptors (Lipinski definition) is 8. The van der Waals surface area contributed by atoms with Gasteiger partial charge in [0.25, 0.3) is 5.91 Å². The fourth-order valence-corrected chi connectivity index (χ4v) is 4.27. The van der Waals surface area contributed by atoms with Crippen molar-refractivity contribution in [2.24, 2.45) is 0 Å². The molecule has 5 aromatic rings. The second-order valence-corrected chi connectivity index (χ2v) is 9.14. The Labute approximate surface area is 232 Å². The number of nitrogens with zero attached hydrogens (tertiary/aromatic N) is 3. The lowest BCUT2D eigenvalue weighted by molar-refractivity contribution is 0.102. The molecule has 3 aromatic carbocycles. The summed E-state index contributed by atoms with van der Waals surface area (Å²) < 4.78 is 10.8. The summed E-state index contributed by atoms with van der Waals surface area (Å²) in [6, 6.07) is 24.7. The molecule has 0 unspecified atom stereocenters. The third kappa shape index (κ3) is 6.27. The molecule has 40 heavy (non-hydrogen) atoms. The second kappa shape index (κ2) is 12.1. The van der Waals surface area contributed by atoms with Crippen LogP contribution >= 0.6 is 0 Å². The predicted molar refractivity (Wildman–Crippen MR) is 158 cm³/mol. The van der Waals surface area contributed by atoms with Crippen molar-refractivity contribution in [2.45, 2.75) is 13.3 Å².